The standard InChI is InChI=1S/C16H15F2NO/c1-10(14-9-12(17)2-4-15(14)18)19-13-3-5-16-11(8-13)6-7-20-16/h2-5,8-10,19H,6-7H2,1H3. The summed E-state index contributed by atoms with van der Waals surface area (Å²) in [6.45, 7) is 2.51. The summed E-state index contributed by atoms with van der Waals surface area (Å²) in [5.74, 6) is 0.0634. The first-order valence-corrected chi connectivity index (χ1v) is 6.61. The molecule has 0 spiro atoms. The summed E-state index contributed by atoms with van der Waals surface area (Å²) < 4.78 is 32.4. The van der Waals surface area contributed by atoms with Crippen molar-refractivity contribution in [1.82, 2.24) is 0 Å². The zero-order valence-electron chi connectivity index (χ0n) is 11.1. The average molecular weight is 275 g/mol. The van der Waals surface area contributed by atoms with Gasteiger partial charge in [0.25, 0.3) is 0 Å². The molecular formula is C16H15F2NO. The van der Waals surface area contributed by atoms with E-state index < -0.39 is 11.6 Å². The Morgan fingerprint density at radius 3 is 2.85 bits per heavy atom. The van der Waals surface area contributed by atoms with Crippen LogP contribution in [0.4, 0.5) is 14.5 Å². The average Bonchev–Trinajstić information content (AvgIpc) is 2.89. The van der Waals surface area contributed by atoms with Crippen molar-refractivity contribution >= 4 is 5.69 Å². The minimum Gasteiger partial charge on any atom is -0.493 e. The van der Waals surface area contributed by atoms with Crippen LogP contribution in [0.5, 0.6) is 5.75 Å². The molecule has 2 aromatic carbocycles. The summed E-state index contributed by atoms with van der Waals surface area (Å²) in [7, 11) is 0. The van der Waals surface area contributed by atoms with E-state index in [1.165, 1.54) is 6.07 Å². The minimum absolute atomic E-state index is 0.314. The normalized spacial score (nSPS) is 14.6. The first-order valence-electron chi connectivity index (χ1n) is 6.61. The largest absolute Gasteiger partial charge is 0.493 e. The van der Waals surface area contributed by atoms with E-state index in [2.05, 4.69) is 5.32 Å². The quantitative estimate of drug-likeness (QED) is 0.911. The van der Waals surface area contributed by atoms with Crippen LogP contribution in [0.1, 0.15) is 24.1 Å². The fourth-order valence-electron chi connectivity index (χ4n) is 2.45. The topological polar surface area (TPSA) is 21.3 Å². The summed E-state index contributed by atoms with van der Waals surface area (Å²) in [6.07, 6.45) is 0.883. The van der Waals surface area contributed by atoms with Crippen molar-refractivity contribution in [3.8, 4) is 5.75 Å². The molecule has 1 N–H and O–H groups in total. The van der Waals surface area contributed by atoms with Crippen molar-refractivity contribution in [3.05, 3.63) is 59.2 Å². The van der Waals surface area contributed by atoms with Crippen molar-refractivity contribution in [2.75, 3.05) is 11.9 Å². The van der Waals surface area contributed by atoms with E-state index in [9.17, 15) is 8.78 Å². The Bertz CT molecular complexity index is 642. The summed E-state index contributed by atoms with van der Waals surface area (Å²) in [4.78, 5) is 0. The molecule has 0 saturated heterocycles. The molecule has 4 heteroatoms. The van der Waals surface area contributed by atoms with Crippen LogP contribution in [0.15, 0.2) is 36.4 Å². The van der Waals surface area contributed by atoms with Crippen LogP contribution in [-0.2, 0) is 6.42 Å². The number of ether oxygens (including phenoxy) is 1. The van der Waals surface area contributed by atoms with Gasteiger partial charge in [0.2, 0.25) is 0 Å². The molecule has 1 atom stereocenters. The highest BCUT2D eigenvalue weighted by atomic mass is 19.1. The van der Waals surface area contributed by atoms with Crippen molar-refractivity contribution in [2.24, 2.45) is 0 Å². The molecule has 0 saturated carbocycles. The minimum atomic E-state index is -0.433. The van der Waals surface area contributed by atoms with Crippen LogP contribution in [0, 0.1) is 11.6 Å². The molecule has 1 aliphatic heterocycles. The lowest BCUT2D eigenvalue weighted by molar-refractivity contribution is 0.357. The smallest absolute Gasteiger partial charge is 0.128 e. The zero-order chi connectivity index (χ0) is 14.1. The molecule has 0 amide bonds. The van der Waals surface area contributed by atoms with Gasteiger partial charge in [-0.25, -0.2) is 8.78 Å². The molecule has 0 bridgehead atoms. The summed E-state index contributed by atoms with van der Waals surface area (Å²) in [5, 5.41) is 3.19. The van der Waals surface area contributed by atoms with Crippen LogP contribution in [-0.4, -0.2) is 6.61 Å². The zero-order valence-corrected chi connectivity index (χ0v) is 11.1. The number of nitrogens with one attached hydrogen (secondary N) is 1. The molecule has 1 heterocycles. The highest BCUT2D eigenvalue weighted by Crippen LogP contribution is 2.30. The maximum absolute atomic E-state index is 13.7. The fraction of sp³-hybridized carbons (Fsp3) is 0.250. The molecule has 20 heavy (non-hydrogen) atoms. The molecule has 0 aromatic heterocycles. The van der Waals surface area contributed by atoms with E-state index in [4.69, 9.17) is 4.74 Å². The van der Waals surface area contributed by atoms with Gasteiger partial charge in [-0.3, -0.25) is 0 Å². The van der Waals surface area contributed by atoms with Crippen LogP contribution in [0.25, 0.3) is 0 Å². The second kappa shape index (κ2) is 5.12. The Labute approximate surface area is 116 Å². The maximum atomic E-state index is 13.7. The second-order valence-electron chi connectivity index (χ2n) is 4.95. The van der Waals surface area contributed by atoms with Gasteiger partial charge in [-0.15, -0.1) is 0 Å². The Morgan fingerprint density at radius 2 is 2.00 bits per heavy atom. The van der Waals surface area contributed by atoms with Gasteiger partial charge in [0.1, 0.15) is 17.4 Å². The summed E-state index contributed by atoms with van der Waals surface area (Å²) in [6, 6.07) is 8.97. The second-order valence-corrected chi connectivity index (χ2v) is 4.95. The molecule has 1 unspecified atom stereocenters. The van der Waals surface area contributed by atoms with E-state index in [1.54, 1.807) is 0 Å². The van der Waals surface area contributed by atoms with Crippen molar-refractivity contribution in [1.29, 1.82) is 0 Å². The van der Waals surface area contributed by atoms with Gasteiger partial charge in [-0.05, 0) is 48.9 Å². The molecule has 2 nitrogen and oxygen atoms in total. The van der Waals surface area contributed by atoms with Crippen molar-refractivity contribution < 1.29 is 13.5 Å². The Morgan fingerprint density at radius 1 is 1.15 bits per heavy atom. The Hall–Kier alpha value is -2.10. The van der Waals surface area contributed by atoms with Gasteiger partial charge in [-0.2, -0.15) is 0 Å². The molecule has 0 aliphatic carbocycles. The van der Waals surface area contributed by atoms with E-state index in [1.807, 2.05) is 25.1 Å². The monoisotopic (exact) mass is 275 g/mol. The number of fused-ring (bicyclic) bond motifs is 1. The lowest BCUT2D eigenvalue weighted by Crippen LogP contribution is -2.09. The molecule has 0 fully saturated rings. The summed E-state index contributed by atoms with van der Waals surface area (Å²) >= 11 is 0. The number of anilines is 1. The van der Waals surface area contributed by atoms with Gasteiger partial charge >= 0.3 is 0 Å². The van der Waals surface area contributed by atoms with Gasteiger partial charge in [0.05, 0.1) is 12.6 Å². The van der Waals surface area contributed by atoms with E-state index in [0.29, 0.717) is 12.2 Å². The first-order chi connectivity index (χ1) is 9.63. The van der Waals surface area contributed by atoms with Crippen molar-refractivity contribution in [3.63, 3.8) is 0 Å². The summed E-state index contributed by atoms with van der Waals surface area (Å²) in [5.41, 5.74) is 2.34. The third-order valence-electron chi connectivity index (χ3n) is 3.50. The van der Waals surface area contributed by atoms with Gasteiger partial charge in [0, 0.05) is 17.7 Å². The lowest BCUT2D eigenvalue weighted by Gasteiger charge is -2.17. The van der Waals surface area contributed by atoms with E-state index >= 15 is 0 Å². The molecule has 2 aromatic rings. The predicted molar refractivity (Wildman–Crippen MR) is 74.0 cm³/mol. The van der Waals surface area contributed by atoms with Crippen LogP contribution < -0.4 is 10.1 Å². The third-order valence-corrected chi connectivity index (χ3v) is 3.50. The van der Waals surface area contributed by atoms with Gasteiger partial charge in [-0.1, -0.05) is 0 Å². The first kappa shape index (κ1) is 12.9. The van der Waals surface area contributed by atoms with Crippen LogP contribution >= 0.6 is 0 Å². The van der Waals surface area contributed by atoms with Crippen molar-refractivity contribution in [2.45, 2.75) is 19.4 Å². The Balaban J connectivity index is 1.82. The molecular weight excluding hydrogens is 260 g/mol. The number of hydrogen-bond acceptors (Lipinski definition) is 2. The number of halogens is 2. The lowest BCUT2D eigenvalue weighted by atomic mass is 10.1. The van der Waals surface area contributed by atoms with Gasteiger partial charge in [0.15, 0.2) is 0 Å². The molecule has 3 rings (SSSR count). The highest BCUT2D eigenvalue weighted by Gasteiger charge is 2.15. The molecule has 0 radical (unpaired) electrons. The fourth-order valence-corrected chi connectivity index (χ4v) is 2.45. The van der Waals surface area contributed by atoms with Crippen LogP contribution in [0.3, 0.4) is 0 Å². The SMILES string of the molecule is CC(Nc1ccc2c(c1)CCO2)c1cc(F)ccc1F. The highest BCUT2D eigenvalue weighted by molar-refractivity contribution is 5.53. The predicted octanol–water partition coefficient (Wildman–Crippen LogP) is 4.07. The van der Waals surface area contributed by atoms with Crippen LogP contribution in [0.2, 0.25) is 0 Å². The van der Waals surface area contributed by atoms with Gasteiger partial charge < -0.3 is 10.1 Å². The van der Waals surface area contributed by atoms with E-state index in [0.717, 1.165) is 35.6 Å². The third kappa shape index (κ3) is 2.46. The molecule has 1 aliphatic rings. The van der Waals surface area contributed by atoms with E-state index in [-0.39, 0.29) is 6.04 Å². The number of rotatable bonds is 3. The maximum Gasteiger partial charge on any atom is 0.128 e. The number of benzene rings is 2. The Kier molecular flexibility index (Phi) is 3.30. The molecule has 104 valence electrons. The number of hydrogen-bond donors (Lipinski definition) is 1.